The highest BCUT2D eigenvalue weighted by Crippen LogP contribution is 2.39. The first-order valence-electron chi connectivity index (χ1n) is 13.7. The normalized spacial score (nSPS) is 24.3. The van der Waals surface area contributed by atoms with Crippen molar-refractivity contribution in [3.05, 3.63) is 70.8 Å². The van der Waals surface area contributed by atoms with Crippen molar-refractivity contribution in [2.45, 2.75) is 76.0 Å². The van der Waals surface area contributed by atoms with E-state index in [2.05, 4.69) is 10.3 Å². The molecule has 1 saturated heterocycles. The molecule has 41 heavy (non-hydrogen) atoms. The zero-order valence-corrected chi connectivity index (χ0v) is 23.3. The lowest BCUT2D eigenvalue weighted by molar-refractivity contribution is -0.143. The number of carbonyl (C=O) groups excluding carboxylic acids is 1. The van der Waals surface area contributed by atoms with E-state index in [-0.39, 0.29) is 30.1 Å². The van der Waals surface area contributed by atoms with Crippen LogP contribution in [0.5, 0.6) is 0 Å². The molecule has 1 unspecified atom stereocenters. The van der Waals surface area contributed by atoms with Crippen LogP contribution in [0.4, 0.5) is 26.3 Å². The van der Waals surface area contributed by atoms with E-state index in [4.69, 9.17) is 4.74 Å². The summed E-state index contributed by atoms with van der Waals surface area (Å²) in [5.74, 6) is 0.128. The molecule has 0 bridgehead atoms. The van der Waals surface area contributed by atoms with Gasteiger partial charge in [0.05, 0.1) is 35.7 Å². The van der Waals surface area contributed by atoms with Crippen LogP contribution in [0.3, 0.4) is 0 Å². The molecule has 0 aromatic heterocycles. The summed E-state index contributed by atoms with van der Waals surface area (Å²) in [5.41, 5.74) is -3.54. The number of hydrogen-bond donors (Lipinski definition) is 1. The maximum atomic E-state index is 13.4. The molecule has 11 heteroatoms. The first-order valence-corrected chi connectivity index (χ1v) is 13.7. The number of hydrogen-bond acceptors (Lipinski definition) is 4. The molecule has 1 N–H and O–H groups in total. The minimum absolute atomic E-state index is 0.0274. The molecule has 224 valence electrons. The summed E-state index contributed by atoms with van der Waals surface area (Å²) in [7, 11) is 0. The topological polar surface area (TPSA) is 53.9 Å². The van der Waals surface area contributed by atoms with Crippen LogP contribution in [-0.4, -0.2) is 42.4 Å². The summed E-state index contributed by atoms with van der Waals surface area (Å²) in [6.07, 6.45) is -6.30. The van der Waals surface area contributed by atoms with Crippen molar-refractivity contribution in [3.63, 3.8) is 0 Å². The molecule has 1 fully saturated rings. The molecule has 2 aliphatic heterocycles. The molecular formula is C30H35F6N3O2. The van der Waals surface area contributed by atoms with Gasteiger partial charge in [0.2, 0.25) is 0 Å². The van der Waals surface area contributed by atoms with Gasteiger partial charge < -0.3 is 15.0 Å². The van der Waals surface area contributed by atoms with E-state index in [0.29, 0.717) is 31.6 Å². The molecule has 1 amide bonds. The quantitative estimate of drug-likeness (QED) is 0.353. The van der Waals surface area contributed by atoms with E-state index in [1.165, 1.54) is 6.92 Å². The third-order valence-electron chi connectivity index (χ3n) is 7.98. The summed E-state index contributed by atoms with van der Waals surface area (Å²) >= 11 is 0. The van der Waals surface area contributed by atoms with Crippen molar-refractivity contribution in [1.82, 2.24) is 10.2 Å². The maximum Gasteiger partial charge on any atom is 0.416 e. The summed E-state index contributed by atoms with van der Waals surface area (Å²) in [5, 5.41) is 3.57. The van der Waals surface area contributed by atoms with Crippen LogP contribution < -0.4 is 5.32 Å². The fraction of sp³-hybridized carbons (Fsp3) is 0.533. The third-order valence-corrected chi connectivity index (χ3v) is 7.98. The lowest BCUT2D eigenvalue weighted by atomic mass is 9.80. The summed E-state index contributed by atoms with van der Waals surface area (Å²) in [6.45, 7) is 6.18. The number of carbonyl (C=O) groups is 1. The smallest absolute Gasteiger partial charge is 0.372 e. The van der Waals surface area contributed by atoms with E-state index >= 15 is 0 Å². The number of nitrogens with zero attached hydrogens (tertiary/aromatic N) is 2. The highest BCUT2D eigenvalue weighted by Gasteiger charge is 2.40. The van der Waals surface area contributed by atoms with Gasteiger partial charge in [0.15, 0.2) is 0 Å². The zero-order valence-electron chi connectivity index (χ0n) is 23.3. The Labute approximate surface area is 236 Å². The molecule has 0 saturated carbocycles. The van der Waals surface area contributed by atoms with Crippen molar-refractivity contribution in [2.24, 2.45) is 10.9 Å². The molecule has 0 radical (unpaired) electrons. The Balaban J connectivity index is 1.56. The largest absolute Gasteiger partial charge is 0.416 e. The van der Waals surface area contributed by atoms with Gasteiger partial charge in [-0.25, -0.2) is 0 Å². The summed E-state index contributed by atoms with van der Waals surface area (Å²) < 4.78 is 86.7. The van der Waals surface area contributed by atoms with Gasteiger partial charge in [0.25, 0.3) is 5.91 Å². The van der Waals surface area contributed by atoms with Gasteiger partial charge >= 0.3 is 12.4 Å². The SMILES string of the molecule is C[C@@H](OC[C@@]1(c2ccccc2)CCC(CN2C=NC(C)(C)C2=O)CCCN1)c1cc(C(F)(F)F)cc(C(F)(F)F)c1. The van der Waals surface area contributed by atoms with E-state index in [1.807, 2.05) is 30.3 Å². The van der Waals surface area contributed by atoms with Crippen LogP contribution in [0.15, 0.2) is 53.5 Å². The highest BCUT2D eigenvalue weighted by atomic mass is 19.4. The van der Waals surface area contributed by atoms with Gasteiger partial charge in [-0.3, -0.25) is 9.79 Å². The number of nitrogens with one attached hydrogen (secondary N) is 1. The lowest BCUT2D eigenvalue weighted by Gasteiger charge is -2.40. The van der Waals surface area contributed by atoms with Gasteiger partial charge in [-0.2, -0.15) is 26.3 Å². The highest BCUT2D eigenvalue weighted by molar-refractivity contribution is 5.99. The number of amides is 1. The van der Waals surface area contributed by atoms with Crippen molar-refractivity contribution in [2.75, 3.05) is 19.7 Å². The van der Waals surface area contributed by atoms with Crippen molar-refractivity contribution in [1.29, 1.82) is 0 Å². The second kappa shape index (κ2) is 11.8. The Hall–Kier alpha value is -2.92. The molecule has 5 nitrogen and oxygen atoms in total. The van der Waals surface area contributed by atoms with Crippen LogP contribution >= 0.6 is 0 Å². The fourth-order valence-electron chi connectivity index (χ4n) is 5.45. The average molecular weight is 584 g/mol. The second-order valence-electron chi connectivity index (χ2n) is 11.5. The standard InChI is InChI=1S/C30H35F6N3O2/c1-20(22-14-24(29(31,32)33)16-25(15-22)30(34,35)36)41-18-28(23-9-5-4-6-10-23)12-11-21(8-7-13-37-28)17-39-19-38-27(2,3)26(39)40/h4-6,9-10,14-16,19-21,37H,7-8,11-13,17-18H2,1-3H3/t20-,21?,28-/m1/s1. The van der Waals surface area contributed by atoms with Crippen LogP contribution in [-0.2, 0) is 27.4 Å². The van der Waals surface area contributed by atoms with Gasteiger partial charge in [-0.1, -0.05) is 30.3 Å². The van der Waals surface area contributed by atoms with Gasteiger partial charge in [-0.05, 0) is 88.2 Å². The lowest BCUT2D eigenvalue weighted by Crippen LogP contribution is -2.49. The van der Waals surface area contributed by atoms with Crippen molar-refractivity contribution < 1.29 is 35.9 Å². The van der Waals surface area contributed by atoms with E-state index in [0.717, 1.165) is 24.8 Å². The molecule has 2 aromatic rings. The van der Waals surface area contributed by atoms with E-state index in [1.54, 1.807) is 25.1 Å². The van der Waals surface area contributed by atoms with Gasteiger partial charge in [0.1, 0.15) is 5.54 Å². The Morgan fingerprint density at radius 1 is 1.02 bits per heavy atom. The number of rotatable bonds is 7. The van der Waals surface area contributed by atoms with Crippen LogP contribution in [0.1, 0.15) is 74.8 Å². The minimum atomic E-state index is -4.94. The number of halogens is 6. The average Bonchev–Trinajstić information content (AvgIpc) is 3.16. The number of benzene rings is 2. The minimum Gasteiger partial charge on any atom is -0.372 e. The van der Waals surface area contributed by atoms with Gasteiger partial charge in [0, 0.05) is 6.54 Å². The van der Waals surface area contributed by atoms with Crippen LogP contribution in [0.25, 0.3) is 0 Å². The predicted octanol–water partition coefficient (Wildman–Crippen LogP) is 7.13. The molecular weight excluding hydrogens is 548 g/mol. The second-order valence-corrected chi connectivity index (χ2v) is 11.5. The van der Waals surface area contributed by atoms with Crippen molar-refractivity contribution >= 4 is 12.2 Å². The number of aliphatic imine (C=N–C) groups is 1. The third kappa shape index (κ3) is 7.30. The molecule has 4 rings (SSSR count). The molecule has 2 aliphatic rings. The van der Waals surface area contributed by atoms with E-state index < -0.39 is 40.7 Å². The van der Waals surface area contributed by atoms with Gasteiger partial charge in [-0.15, -0.1) is 0 Å². The Morgan fingerprint density at radius 3 is 2.22 bits per heavy atom. The van der Waals surface area contributed by atoms with E-state index in [9.17, 15) is 31.1 Å². The first kappa shape index (κ1) is 31.0. The monoisotopic (exact) mass is 583 g/mol. The van der Waals surface area contributed by atoms with Crippen molar-refractivity contribution in [3.8, 4) is 0 Å². The molecule has 2 heterocycles. The molecule has 0 spiro atoms. The Bertz CT molecular complexity index is 1210. The predicted molar refractivity (Wildman–Crippen MR) is 143 cm³/mol. The van der Waals surface area contributed by atoms with Crippen LogP contribution in [0, 0.1) is 5.92 Å². The molecule has 0 aliphatic carbocycles. The summed E-state index contributed by atoms with van der Waals surface area (Å²) in [6, 6.07) is 11.0. The Morgan fingerprint density at radius 2 is 1.66 bits per heavy atom. The zero-order chi connectivity index (χ0) is 30.1. The Kier molecular flexibility index (Phi) is 8.90. The fourth-order valence-corrected chi connectivity index (χ4v) is 5.45. The maximum absolute atomic E-state index is 13.4. The molecule has 2 aromatic carbocycles. The summed E-state index contributed by atoms with van der Waals surface area (Å²) in [4.78, 5) is 18.7. The number of ether oxygens (including phenoxy) is 1. The van der Waals surface area contributed by atoms with Crippen LogP contribution in [0.2, 0.25) is 0 Å². The molecule has 3 atom stereocenters. The number of alkyl halides is 6. The first-order chi connectivity index (χ1) is 19.1.